The van der Waals surface area contributed by atoms with Gasteiger partial charge in [0.25, 0.3) is 4.87 Å². The van der Waals surface area contributed by atoms with E-state index in [0.29, 0.717) is 0 Å². The van der Waals surface area contributed by atoms with E-state index in [1.165, 1.54) is 6.92 Å². The molecule has 150 valence electrons. The van der Waals surface area contributed by atoms with Crippen LogP contribution < -0.4 is 5.73 Å². The Balaban J connectivity index is 2.67. The monoisotopic (exact) mass is 420 g/mol. The lowest BCUT2D eigenvalue weighted by molar-refractivity contribution is -0.778. The standard InChI is InChI=1S/C16H23FN3O5S2/c1-3-25-14(21)16(18,15(19-22)8-10-20(2,26)11-9-15)27(23,24)13-6-4-12(17)5-7-13/h4-7,26H,3,8-11,18H2,1-2H3/q+1. The molecule has 1 fully saturated rings. The third kappa shape index (κ3) is 3.60. The van der Waals surface area contributed by atoms with Crippen molar-refractivity contribution >= 4 is 28.6 Å². The van der Waals surface area contributed by atoms with E-state index in [-0.39, 0.29) is 36.4 Å². The number of hydrogen-bond acceptors (Lipinski definition) is 8. The van der Waals surface area contributed by atoms with E-state index < -0.39 is 36.9 Å². The number of benzene rings is 1. The van der Waals surface area contributed by atoms with Gasteiger partial charge in [-0.15, -0.1) is 0 Å². The summed E-state index contributed by atoms with van der Waals surface area (Å²) < 4.78 is 45.1. The number of nitrogens with two attached hydrogens (primary N) is 1. The number of halogens is 1. The second-order valence-electron chi connectivity index (χ2n) is 6.82. The van der Waals surface area contributed by atoms with Gasteiger partial charge in [-0.05, 0) is 31.2 Å². The van der Waals surface area contributed by atoms with Crippen molar-refractivity contribution in [2.75, 3.05) is 26.7 Å². The Bertz CT molecular complexity index is 819. The molecule has 0 radical (unpaired) electrons. The predicted octanol–water partition coefficient (Wildman–Crippen LogP) is 1.41. The second-order valence-corrected chi connectivity index (χ2v) is 9.91. The van der Waals surface area contributed by atoms with Crippen LogP contribution in [0.25, 0.3) is 0 Å². The number of esters is 1. The molecular weight excluding hydrogens is 397 g/mol. The van der Waals surface area contributed by atoms with Crippen molar-refractivity contribution in [3.8, 4) is 0 Å². The zero-order valence-corrected chi connectivity index (χ0v) is 16.8. The van der Waals surface area contributed by atoms with Gasteiger partial charge in [0.15, 0.2) is 5.54 Å². The summed E-state index contributed by atoms with van der Waals surface area (Å²) in [6.45, 7) is 1.90. The lowest BCUT2D eigenvalue weighted by atomic mass is 9.81. The summed E-state index contributed by atoms with van der Waals surface area (Å²) >= 11 is 4.42. The van der Waals surface area contributed by atoms with E-state index in [0.717, 1.165) is 24.3 Å². The number of quaternary nitrogens is 1. The van der Waals surface area contributed by atoms with Crippen molar-refractivity contribution in [2.24, 2.45) is 10.9 Å². The molecule has 1 aromatic rings. The molecule has 27 heavy (non-hydrogen) atoms. The number of carbonyl (C=O) groups excluding carboxylic acids is 1. The van der Waals surface area contributed by atoms with Crippen molar-refractivity contribution in [3.05, 3.63) is 35.0 Å². The quantitative estimate of drug-likeness (QED) is 0.236. The lowest BCUT2D eigenvalue weighted by Crippen LogP contribution is -2.72. The number of nitroso groups, excluding NO2 is 1. The maximum Gasteiger partial charge on any atom is 0.345 e. The molecule has 1 aromatic carbocycles. The van der Waals surface area contributed by atoms with Crippen LogP contribution in [-0.2, 0) is 19.4 Å². The van der Waals surface area contributed by atoms with Crippen LogP contribution in [0.15, 0.2) is 34.3 Å². The number of likely N-dealkylation sites (tertiary alicyclic amines) is 1. The molecule has 1 saturated heterocycles. The smallest absolute Gasteiger partial charge is 0.345 e. The number of rotatable bonds is 6. The molecule has 1 atom stereocenters. The molecule has 1 aliphatic heterocycles. The Morgan fingerprint density at radius 2 is 1.89 bits per heavy atom. The average Bonchev–Trinajstić information content (AvgIpc) is 2.62. The normalized spacial score (nSPS) is 28.2. The molecule has 8 nitrogen and oxygen atoms in total. The zero-order valence-electron chi connectivity index (χ0n) is 15.1. The van der Waals surface area contributed by atoms with Gasteiger partial charge in [0.2, 0.25) is 9.84 Å². The van der Waals surface area contributed by atoms with Gasteiger partial charge in [0.05, 0.1) is 44.5 Å². The molecule has 0 aromatic heterocycles. The van der Waals surface area contributed by atoms with E-state index in [1.807, 2.05) is 0 Å². The van der Waals surface area contributed by atoms with Crippen LogP contribution >= 0.6 is 12.8 Å². The maximum absolute atomic E-state index is 13.3. The molecule has 0 amide bonds. The van der Waals surface area contributed by atoms with Crippen molar-refractivity contribution in [1.29, 1.82) is 0 Å². The van der Waals surface area contributed by atoms with Gasteiger partial charge in [-0.3, -0.25) is 3.89 Å². The molecule has 1 heterocycles. The highest BCUT2D eigenvalue weighted by atomic mass is 32.2. The molecule has 2 N–H and O–H groups in total. The zero-order chi connectivity index (χ0) is 20.5. The highest BCUT2D eigenvalue weighted by molar-refractivity contribution is 7.93. The van der Waals surface area contributed by atoms with E-state index >= 15 is 0 Å². The Kier molecular flexibility index (Phi) is 6.00. The topological polar surface area (TPSA) is 116 Å². The highest BCUT2D eigenvalue weighted by Crippen LogP contribution is 2.43. The third-order valence-corrected chi connectivity index (χ3v) is 7.69. The Morgan fingerprint density at radius 1 is 1.37 bits per heavy atom. The number of nitrogens with zero attached hydrogens (tertiary/aromatic N) is 2. The van der Waals surface area contributed by atoms with Gasteiger partial charge < -0.3 is 10.5 Å². The Hall–Kier alpha value is -1.56. The van der Waals surface area contributed by atoms with Crippen LogP contribution in [0.2, 0.25) is 0 Å². The fourth-order valence-corrected chi connectivity index (χ4v) is 5.29. The van der Waals surface area contributed by atoms with E-state index in [4.69, 9.17) is 10.5 Å². The average molecular weight is 421 g/mol. The molecule has 1 unspecified atom stereocenters. The van der Waals surface area contributed by atoms with E-state index in [2.05, 4.69) is 18.0 Å². The van der Waals surface area contributed by atoms with E-state index in [9.17, 15) is 22.5 Å². The van der Waals surface area contributed by atoms with Crippen LogP contribution in [0.5, 0.6) is 0 Å². The summed E-state index contributed by atoms with van der Waals surface area (Å²) in [5, 5.41) is 3.06. The first-order valence-electron chi connectivity index (χ1n) is 8.34. The minimum absolute atomic E-state index is 0.0771. The fourth-order valence-electron chi connectivity index (χ4n) is 3.21. The summed E-state index contributed by atoms with van der Waals surface area (Å²) in [5.74, 6) is -1.92. The van der Waals surface area contributed by atoms with Crippen molar-refractivity contribution in [1.82, 2.24) is 0 Å². The number of hydrogen-bond donors (Lipinski definition) is 2. The molecule has 11 heteroatoms. The lowest BCUT2D eigenvalue weighted by Gasteiger charge is -2.45. The van der Waals surface area contributed by atoms with Crippen LogP contribution in [-0.4, -0.2) is 55.4 Å². The minimum Gasteiger partial charge on any atom is -0.464 e. The Labute approximate surface area is 162 Å². The minimum atomic E-state index is -4.64. The van der Waals surface area contributed by atoms with Gasteiger partial charge in [-0.2, -0.15) is 4.91 Å². The van der Waals surface area contributed by atoms with Crippen LogP contribution in [0.4, 0.5) is 4.39 Å². The first kappa shape index (κ1) is 21.7. The third-order valence-electron chi connectivity index (χ3n) is 5.01. The Morgan fingerprint density at radius 3 is 2.33 bits per heavy atom. The molecule has 0 saturated carbocycles. The van der Waals surface area contributed by atoms with Gasteiger partial charge in [0.1, 0.15) is 5.82 Å². The summed E-state index contributed by atoms with van der Waals surface area (Å²) in [4.78, 5) is 21.5. The molecule has 1 aliphatic rings. The summed E-state index contributed by atoms with van der Waals surface area (Å²) in [5.41, 5.74) is 4.26. The number of thiol groups is 1. The second kappa shape index (κ2) is 7.46. The maximum atomic E-state index is 13.3. The highest BCUT2D eigenvalue weighted by Gasteiger charge is 2.67. The fraction of sp³-hybridized carbons (Fsp3) is 0.562. The van der Waals surface area contributed by atoms with Crippen molar-refractivity contribution in [3.63, 3.8) is 0 Å². The molecule has 2 rings (SSSR count). The van der Waals surface area contributed by atoms with Crippen LogP contribution in [0.1, 0.15) is 19.8 Å². The number of sulfone groups is 1. The van der Waals surface area contributed by atoms with Gasteiger partial charge >= 0.3 is 5.97 Å². The molecular formula is C16H23FN3O5S2+. The summed E-state index contributed by atoms with van der Waals surface area (Å²) in [7, 11) is -2.85. The van der Waals surface area contributed by atoms with Crippen LogP contribution in [0, 0.1) is 10.7 Å². The predicted molar refractivity (Wildman–Crippen MR) is 99.8 cm³/mol. The van der Waals surface area contributed by atoms with Crippen molar-refractivity contribution < 1.29 is 26.2 Å². The first-order valence-corrected chi connectivity index (χ1v) is 10.2. The van der Waals surface area contributed by atoms with Gasteiger partial charge in [0, 0.05) is 12.8 Å². The number of ether oxygens (including phenoxy) is 1. The summed E-state index contributed by atoms with van der Waals surface area (Å²) in [6.07, 6.45) is -0.154. The van der Waals surface area contributed by atoms with Gasteiger partial charge in [-0.1, -0.05) is 5.18 Å². The molecule has 0 bridgehead atoms. The molecule has 0 aliphatic carbocycles. The first-order chi connectivity index (χ1) is 12.5. The number of carbonyl (C=O) groups is 1. The molecule has 0 spiro atoms. The summed E-state index contributed by atoms with van der Waals surface area (Å²) in [6, 6.07) is 3.85. The number of piperidine rings is 1. The van der Waals surface area contributed by atoms with Crippen LogP contribution in [0.3, 0.4) is 0 Å². The SMILES string of the molecule is CCOC(=O)C(N)(C1(N=O)CC[N+](C)(S)CC1)S(=O)(=O)c1ccc(F)cc1. The van der Waals surface area contributed by atoms with Gasteiger partial charge in [-0.25, -0.2) is 17.6 Å². The van der Waals surface area contributed by atoms with Crippen molar-refractivity contribution in [2.45, 2.75) is 35.1 Å². The van der Waals surface area contributed by atoms with E-state index in [1.54, 1.807) is 7.05 Å². The largest absolute Gasteiger partial charge is 0.464 e.